The Kier molecular flexibility index (Phi) is 6.91. The Bertz CT molecular complexity index is 1160. The second kappa shape index (κ2) is 10.2. The molecule has 0 atom stereocenters. The molecule has 2 aromatic carbocycles. The molecule has 0 aliphatic rings. The van der Waals surface area contributed by atoms with Crippen molar-refractivity contribution in [1.82, 2.24) is 9.36 Å². The highest BCUT2D eigenvalue weighted by molar-refractivity contribution is 7.09. The van der Waals surface area contributed by atoms with Crippen molar-refractivity contribution in [3.8, 4) is 0 Å². The minimum atomic E-state index is -0.460. The lowest BCUT2D eigenvalue weighted by atomic mass is 10.1. The Balaban J connectivity index is 1.43. The lowest BCUT2D eigenvalue weighted by Gasteiger charge is -2.20. The fourth-order valence-corrected chi connectivity index (χ4v) is 3.89. The summed E-state index contributed by atoms with van der Waals surface area (Å²) in [5.41, 5.74) is 2.52. The lowest BCUT2D eigenvalue weighted by molar-refractivity contribution is -0.116. The monoisotopic (exact) mass is 450 g/mol. The molecule has 2 heterocycles. The van der Waals surface area contributed by atoms with Crippen molar-refractivity contribution < 1.29 is 13.6 Å². The summed E-state index contributed by atoms with van der Waals surface area (Å²) in [4.78, 5) is 19.1. The summed E-state index contributed by atoms with van der Waals surface area (Å²) >= 11 is 1.29. The van der Waals surface area contributed by atoms with Crippen LogP contribution in [0.4, 0.5) is 15.2 Å². The van der Waals surface area contributed by atoms with E-state index in [2.05, 4.69) is 45.9 Å². The third-order valence-corrected chi connectivity index (χ3v) is 5.71. The molecule has 2 aromatic heterocycles. The van der Waals surface area contributed by atoms with Crippen LogP contribution in [0.25, 0.3) is 0 Å². The van der Waals surface area contributed by atoms with Gasteiger partial charge < -0.3 is 14.6 Å². The smallest absolute Gasteiger partial charge is 0.226 e. The van der Waals surface area contributed by atoms with Gasteiger partial charge in [-0.25, -0.2) is 9.37 Å². The number of hydrogen-bond donors (Lipinski definition) is 1. The van der Waals surface area contributed by atoms with Crippen LogP contribution in [-0.4, -0.2) is 21.8 Å². The van der Waals surface area contributed by atoms with Crippen molar-refractivity contribution in [1.29, 1.82) is 0 Å². The number of furan rings is 1. The molecule has 1 N–H and O–H groups in total. The van der Waals surface area contributed by atoms with Crippen LogP contribution >= 0.6 is 11.5 Å². The summed E-state index contributed by atoms with van der Waals surface area (Å²) in [5, 5.41) is 3.33. The Labute approximate surface area is 189 Å². The van der Waals surface area contributed by atoms with Crippen LogP contribution in [0.15, 0.2) is 71.3 Å². The van der Waals surface area contributed by atoms with Crippen LogP contribution in [0.3, 0.4) is 0 Å². The number of nitrogens with zero attached hydrogens (tertiary/aromatic N) is 3. The summed E-state index contributed by atoms with van der Waals surface area (Å²) in [6.07, 6.45) is 2.42. The number of aromatic nitrogens is 2. The number of hydrogen-bond acceptors (Lipinski definition) is 6. The summed E-state index contributed by atoms with van der Waals surface area (Å²) in [7, 11) is 0. The highest BCUT2D eigenvalue weighted by atomic mass is 32.1. The number of amides is 1. The molecule has 0 aliphatic heterocycles. The van der Waals surface area contributed by atoms with Gasteiger partial charge in [0.15, 0.2) is 0 Å². The standard InChI is InChI=1S/C24H23FN4O2S/c1-17-8-10-18(11-9-17)15-22-27-24(32-28-22)29(16-19-5-4-14-31-19)13-12-23(30)26-21-7-3-2-6-20(21)25/h2-11,14H,12-13,15-16H2,1H3,(H,26,30). The van der Waals surface area contributed by atoms with Gasteiger partial charge in [-0.15, -0.1) is 0 Å². The van der Waals surface area contributed by atoms with E-state index in [0.717, 1.165) is 17.1 Å². The molecule has 0 fully saturated rings. The van der Waals surface area contributed by atoms with Gasteiger partial charge in [-0.3, -0.25) is 4.79 Å². The van der Waals surface area contributed by atoms with E-state index in [0.29, 0.717) is 24.6 Å². The maximum Gasteiger partial charge on any atom is 0.226 e. The second-order valence-electron chi connectivity index (χ2n) is 7.43. The average molecular weight is 451 g/mol. The molecule has 164 valence electrons. The minimum absolute atomic E-state index is 0.169. The molecule has 0 spiro atoms. The molecule has 0 bridgehead atoms. The topological polar surface area (TPSA) is 71.3 Å². The van der Waals surface area contributed by atoms with Crippen LogP contribution in [0.5, 0.6) is 0 Å². The Morgan fingerprint density at radius 2 is 1.94 bits per heavy atom. The molecule has 0 aliphatic carbocycles. The normalized spacial score (nSPS) is 10.8. The minimum Gasteiger partial charge on any atom is -0.467 e. The molecular formula is C24H23FN4O2S. The summed E-state index contributed by atoms with van der Waals surface area (Å²) < 4.78 is 23.8. The van der Waals surface area contributed by atoms with E-state index in [-0.39, 0.29) is 18.0 Å². The largest absolute Gasteiger partial charge is 0.467 e. The Morgan fingerprint density at radius 3 is 2.69 bits per heavy atom. The molecule has 8 heteroatoms. The van der Waals surface area contributed by atoms with Crippen LogP contribution in [-0.2, 0) is 17.8 Å². The van der Waals surface area contributed by atoms with E-state index in [4.69, 9.17) is 4.42 Å². The van der Waals surface area contributed by atoms with Crippen molar-refractivity contribution in [2.75, 3.05) is 16.8 Å². The van der Waals surface area contributed by atoms with E-state index in [1.807, 2.05) is 17.0 Å². The van der Waals surface area contributed by atoms with Gasteiger partial charge in [0, 0.05) is 30.9 Å². The number of aryl methyl sites for hydroxylation is 1. The molecule has 0 saturated heterocycles. The maximum atomic E-state index is 13.8. The van der Waals surface area contributed by atoms with Gasteiger partial charge in [0.05, 0.1) is 18.5 Å². The van der Waals surface area contributed by atoms with Gasteiger partial charge in [0.25, 0.3) is 0 Å². The fraction of sp³-hybridized carbons (Fsp3) is 0.208. The zero-order valence-corrected chi connectivity index (χ0v) is 18.4. The highest BCUT2D eigenvalue weighted by Gasteiger charge is 2.17. The molecule has 0 radical (unpaired) electrons. The average Bonchev–Trinajstić information content (AvgIpc) is 3.46. The number of benzene rings is 2. The Hall–Kier alpha value is -3.52. The third-order valence-electron chi connectivity index (χ3n) is 4.89. The number of halogens is 1. The van der Waals surface area contributed by atoms with E-state index in [1.54, 1.807) is 18.4 Å². The van der Waals surface area contributed by atoms with Crippen LogP contribution in [0.2, 0.25) is 0 Å². The summed E-state index contributed by atoms with van der Waals surface area (Å²) in [5.74, 6) is 0.756. The van der Waals surface area contributed by atoms with Gasteiger partial charge >= 0.3 is 0 Å². The molecule has 4 rings (SSSR count). The zero-order chi connectivity index (χ0) is 22.3. The fourth-order valence-electron chi connectivity index (χ4n) is 3.18. The molecule has 0 unspecified atom stereocenters. The van der Waals surface area contributed by atoms with Gasteiger partial charge in [-0.2, -0.15) is 4.37 Å². The predicted octanol–water partition coefficient (Wildman–Crippen LogP) is 5.20. The predicted molar refractivity (Wildman–Crippen MR) is 123 cm³/mol. The maximum absolute atomic E-state index is 13.8. The van der Waals surface area contributed by atoms with Crippen molar-refractivity contribution in [2.24, 2.45) is 0 Å². The van der Waals surface area contributed by atoms with Gasteiger partial charge in [0.1, 0.15) is 17.4 Å². The van der Waals surface area contributed by atoms with Crippen molar-refractivity contribution in [2.45, 2.75) is 26.3 Å². The first-order chi connectivity index (χ1) is 15.6. The van der Waals surface area contributed by atoms with Gasteiger partial charge in [-0.05, 0) is 36.8 Å². The molecule has 0 saturated carbocycles. The molecule has 1 amide bonds. The molecule has 4 aromatic rings. The van der Waals surface area contributed by atoms with E-state index >= 15 is 0 Å². The van der Waals surface area contributed by atoms with E-state index in [1.165, 1.54) is 29.2 Å². The van der Waals surface area contributed by atoms with Crippen molar-refractivity contribution in [3.05, 3.63) is 95.5 Å². The Morgan fingerprint density at radius 1 is 1.12 bits per heavy atom. The van der Waals surface area contributed by atoms with E-state index < -0.39 is 5.82 Å². The summed E-state index contributed by atoms with van der Waals surface area (Å²) in [6, 6.07) is 18.1. The first kappa shape index (κ1) is 21.7. The first-order valence-electron chi connectivity index (χ1n) is 10.3. The molecule has 32 heavy (non-hydrogen) atoms. The lowest BCUT2D eigenvalue weighted by Crippen LogP contribution is -2.27. The number of rotatable bonds is 9. The number of carbonyl (C=O) groups excluding carboxylic acids is 1. The highest BCUT2D eigenvalue weighted by Crippen LogP contribution is 2.22. The number of nitrogens with one attached hydrogen (secondary N) is 1. The summed E-state index contributed by atoms with van der Waals surface area (Å²) in [6.45, 7) is 2.90. The van der Waals surface area contributed by atoms with Crippen LogP contribution in [0.1, 0.15) is 29.1 Å². The van der Waals surface area contributed by atoms with Crippen LogP contribution < -0.4 is 10.2 Å². The van der Waals surface area contributed by atoms with E-state index in [9.17, 15) is 9.18 Å². The number of carbonyl (C=O) groups is 1. The van der Waals surface area contributed by atoms with Gasteiger partial charge in [0.2, 0.25) is 11.0 Å². The number of anilines is 2. The molecular weight excluding hydrogens is 427 g/mol. The quantitative estimate of drug-likeness (QED) is 0.379. The first-order valence-corrected chi connectivity index (χ1v) is 11.0. The SMILES string of the molecule is Cc1ccc(Cc2nsc(N(CCC(=O)Nc3ccccc3F)Cc3ccco3)n2)cc1. The number of para-hydroxylation sites is 1. The van der Waals surface area contributed by atoms with Crippen molar-refractivity contribution in [3.63, 3.8) is 0 Å². The second-order valence-corrected chi connectivity index (χ2v) is 8.16. The third kappa shape index (κ3) is 5.79. The van der Waals surface area contributed by atoms with Crippen LogP contribution in [0, 0.1) is 12.7 Å². The van der Waals surface area contributed by atoms with Gasteiger partial charge in [-0.1, -0.05) is 42.0 Å². The van der Waals surface area contributed by atoms with Crippen molar-refractivity contribution >= 4 is 28.3 Å². The molecule has 6 nitrogen and oxygen atoms in total. The zero-order valence-electron chi connectivity index (χ0n) is 17.6.